The third-order valence-corrected chi connectivity index (χ3v) is 4.94. The van der Waals surface area contributed by atoms with Crippen molar-refractivity contribution in [2.45, 2.75) is 39.3 Å². The van der Waals surface area contributed by atoms with E-state index in [0.717, 1.165) is 38.0 Å². The minimum Gasteiger partial charge on any atom is -0.349 e. The number of aryl methyl sites for hydroxylation is 2. The van der Waals surface area contributed by atoms with Crippen molar-refractivity contribution in [3.63, 3.8) is 0 Å². The third-order valence-electron chi connectivity index (χ3n) is 4.94. The average molecular weight is 322 g/mol. The fourth-order valence-electron chi connectivity index (χ4n) is 3.23. The molecule has 0 bridgehead atoms. The fourth-order valence-corrected chi connectivity index (χ4v) is 3.23. The number of carbonyl (C=O) groups is 1. The van der Waals surface area contributed by atoms with Gasteiger partial charge in [0.1, 0.15) is 0 Å². The molecule has 1 aliphatic rings. The summed E-state index contributed by atoms with van der Waals surface area (Å²) in [6, 6.07) is 16.8. The second kappa shape index (κ2) is 7.63. The van der Waals surface area contributed by atoms with Gasteiger partial charge in [0, 0.05) is 31.2 Å². The average Bonchev–Trinajstić information content (AvgIpc) is 2.60. The first-order chi connectivity index (χ1) is 11.6. The van der Waals surface area contributed by atoms with Crippen molar-refractivity contribution >= 4 is 5.91 Å². The summed E-state index contributed by atoms with van der Waals surface area (Å²) < 4.78 is 0. The van der Waals surface area contributed by atoms with Crippen LogP contribution < -0.4 is 5.32 Å². The van der Waals surface area contributed by atoms with Gasteiger partial charge in [0.25, 0.3) is 5.91 Å². The van der Waals surface area contributed by atoms with E-state index in [4.69, 9.17) is 0 Å². The minimum absolute atomic E-state index is 0.0552. The van der Waals surface area contributed by atoms with E-state index in [1.807, 2.05) is 25.1 Å². The Morgan fingerprint density at radius 2 is 1.75 bits per heavy atom. The first-order valence-electron chi connectivity index (χ1n) is 8.76. The van der Waals surface area contributed by atoms with E-state index in [9.17, 15) is 4.79 Å². The van der Waals surface area contributed by atoms with Crippen LogP contribution in [0.3, 0.4) is 0 Å². The van der Waals surface area contributed by atoms with Crippen LogP contribution in [-0.4, -0.2) is 29.9 Å². The molecule has 3 nitrogen and oxygen atoms in total. The number of benzene rings is 2. The largest absolute Gasteiger partial charge is 0.349 e. The van der Waals surface area contributed by atoms with Crippen molar-refractivity contribution in [3.8, 4) is 0 Å². The Labute approximate surface area is 144 Å². The smallest absolute Gasteiger partial charge is 0.251 e. The molecule has 2 aromatic rings. The first-order valence-corrected chi connectivity index (χ1v) is 8.76. The normalized spacial score (nSPS) is 16.1. The molecule has 1 heterocycles. The zero-order valence-corrected chi connectivity index (χ0v) is 14.6. The summed E-state index contributed by atoms with van der Waals surface area (Å²) in [6.07, 6.45) is 2.03. The van der Waals surface area contributed by atoms with E-state index < -0.39 is 0 Å². The lowest BCUT2D eigenvalue weighted by Crippen LogP contribution is -2.44. The zero-order valence-electron chi connectivity index (χ0n) is 14.6. The molecule has 3 rings (SSSR count). The van der Waals surface area contributed by atoms with Crippen LogP contribution in [0.25, 0.3) is 0 Å². The topological polar surface area (TPSA) is 32.3 Å². The SMILES string of the molecule is Cc1ccc(C(=O)NC2CCN(Cc3ccccc3)CC2)cc1C. The number of amides is 1. The lowest BCUT2D eigenvalue weighted by atomic mass is 10.0. The number of hydrogen-bond donors (Lipinski definition) is 1. The highest BCUT2D eigenvalue weighted by Gasteiger charge is 2.21. The summed E-state index contributed by atoms with van der Waals surface area (Å²) in [6.45, 7) is 7.19. The monoisotopic (exact) mass is 322 g/mol. The Hall–Kier alpha value is -2.13. The maximum absolute atomic E-state index is 12.4. The van der Waals surface area contributed by atoms with E-state index in [2.05, 4.69) is 47.5 Å². The molecule has 1 aliphatic heterocycles. The molecular weight excluding hydrogens is 296 g/mol. The summed E-state index contributed by atoms with van der Waals surface area (Å²) in [7, 11) is 0. The first kappa shape index (κ1) is 16.7. The van der Waals surface area contributed by atoms with Crippen LogP contribution in [0.5, 0.6) is 0 Å². The lowest BCUT2D eigenvalue weighted by molar-refractivity contribution is 0.0909. The van der Waals surface area contributed by atoms with E-state index in [1.54, 1.807) is 0 Å². The van der Waals surface area contributed by atoms with Gasteiger partial charge in [-0.05, 0) is 55.5 Å². The highest BCUT2D eigenvalue weighted by Crippen LogP contribution is 2.15. The number of carbonyl (C=O) groups excluding carboxylic acids is 1. The second-order valence-electron chi connectivity index (χ2n) is 6.81. The maximum Gasteiger partial charge on any atom is 0.251 e. The summed E-state index contributed by atoms with van der Waals surface area (Å²) in [5.74, 6) is 0.0552. The van der Waals surface area contributed by atoms with E-state index in [-0.39, 0.29) is 11.9 Å². The van der Waals surface area contributed by atoms with Crippen LogP contribution in [0.15, 0.2) is 48.5 Å². The third kappa shape index (κ3) is 4.24. The lowest BCUT2D eigenvalue weighted by Gasteiger charge is -2.32. The molecule has 3 heteroatoms. The predicted octanol–water partition coefficient (Wildman–Crippen LogP) is 3.70. The molecule has 1 saturated heterocycles. The molecule has 2 aromatic carbocycles. The van der Waals surface area contributed by atoms with Crippen molar-refractivity contribution in [2.75, 3.05) is 13.1 Å². The predicted molar refractivity (Wildman–Crippen MR) is 98.1 cm³/mol. The van der Waals surface area contributed by atoms with E-state index in [0.29, 0.717) is 0 Å². The Morgan fingerprint density at radius 1 is 1.04 bits per heavy atom. The van der Waals surface area contributed by atoms with Crippen molar-refractivity contribution < 1.29 is 4.79 Å². The van der Waals surface area contributed by atoms with Crippen LogP contribution in [0.4, 0.5) is 0 Å². The van der Waals surface area contributed by atoms with Gasteiger partial charge in [0.15, 0.2) is 0 Å². The van der Waals surface area contributed by atoms with Crippen LogP contribution in [-0.2, 0) is 6.54 Å². The molecule has 0 saturated carbocycles. The van der Waals surface area contributed by atoms with Gasteiger partial charge < -0.3 is 5.32 Å². The maximum atomic E-state index is 12.4. The molecule has 126 valence electrons. The van der Waals surface area contributed by atoms with Crippen LogP contribution in [0.2, 0.25) is 0 Å². The molecule has 0 aromatic heterocycles. The van der Waals surface area contributed by atoms with Crippen molar-refractivity contribution in [2.24, 2.45) is 0 Å². The van der Waals surface area contributed by atoms with Crippen molar-refractivity contribution in [1.82, 2.24) is 10.2 Å². The van der Waals surface area contributed by atoms with Gasteiger partial charge in [-0.2, -0.15) is 0 Å². The summed E-state index contributed by atoms with van der Waals surface area (Å²) in [5, 5.41) is 3.20. The Bertz CT molecular complexity index is 688. The molecule has 0 radical (unpaired) electrons. The fraction of sp³-hybridized carbons (Fsp3) is 0.381. The molecule has 24 heavy (non-hydrogen) atoms. The minimum atomic E-state index is 0.0552. The molecule has 0 aliphatic carbocycles. The summed E-state index contributed by atoms with van der Waals surface area (Å²) in [5.41, 5.74) is 4.51. The van der Waals surface area contributed by atoms with Gasteiger partial charge in [-0.1, -0.05) is 36.4 Å². The summed E-state index contributed by atoms with van der Waals surface area (Å²) in [4.78, 5) is 14.9. The number of nitrogens with zero attached hydrogens (tertiary/aromatic N) is 1. The van der Waals surface area contributed by atoms with Gasteiger partial charge in [-0.3, -0.25) is 9.69 Å². The molecule has 0 unspecified atom stereocenters. The molecule has 1 amide bonds. The molecular formula is C21H26N2O. The summed E-state index contributed by atoms with van der Waals surface area (Å²) >= 11 is 0. The van der Waals surface area contributed by atoms with E-state index in [1.165, 1.54) is 16.7 Å². The number of likely N-dealkylation sites (tertiary alicyclic amines) is 1. The van der Waals surface area contributed by atoms with Gasteiger partial charge in [-0.25, -0.2) is 0 Å². The Kier molecular flexibility index (Phi) is 5.31. The Morgan fingerprint density at radius 3 is 2.42 bits per heavy atom. The number of nitrogens with one attached hydrogen (secondary N) is 1. The van der Waals surface area contributed by atoms with E-state index >= 15 is 0 Å². The molecule has 1 fully saturated rings. The zero-order chi connectivity index (χ0) is 16.9. The van der Waals surface area contributed by atoms with Crippen LogP contribution in [0, 0.1) is 13.8 Å². The molecule has 0 spiro atoms. The van der Waals surface area contributed by atoms with Gasteiger partial charge >= 0.3 is 0 Å². The van der Waals surface area contributed by atoms with Crippen LogP contribution >= 0.6 is 0 Å². The molecule has 1 N–H and O–H groups in total. The van der Waals surface area contributed by atoms with Crippen molar-refractivity contribution in [3.05, 3.63) is 70.8 Å². The Balaban J connectivity index is 1.50. The molecule has 0 atom stereocenters. The number of rotatable bonds is 4. The standard InChI is InChI=1S/C21H26N2O/c1-16-8-9-19(14-17(16)2)21(24)22-20-10-12-23(13-11-20)15-18-6-4-3-5-7-18/h3-9,14,20H,10-13,15H2,1-2H3,(H,22,24). The van der Waals surface area contributed by atoms with Crippen molar-refractivity contribution in [1.29, 1.82) is 0 Å². The van der Waals surface area contributed by atoms with Gasteiger partial charge in [0.05, 0.1) is 0 Å². The number of hydrogen-bond acceptors (Lipinski definition) is 2. The van der Waals surface area contributed by atoms with Gasteiger partial charge in [0.2, 0.25) is 0 Å². The number of piperidine rings is 1. The van der Waals surface area contributed by atoms with Crippen LogP contribution in [0.1, 0.15) is 39.9 Å². The highest BCUT2D eigenvalue weighted by atomic mass is 16.1. The highest BCUT2D eigenvalue weighted by molar-refractivity contribution is 5.94. The second-order valence-corrected chi connectivity index (χ2v) is 6.81. The van der Waals surface area contributed by atoms with Gasteiger partial charge in [-0.15, -0.1) is 0 Å². The quantitative estimate of drug-likeness (QED) is 0.931.